The van der Waals surface area contributed by atoms with E-state index in [0.29, 0.717) is 18.4 Å². The minimum absolute atomic E-state index is 0.610. The summed E-state index contributed by atoms with van der Waals surface area (Å²) in [5.41, 5.74) is 0. The van der Waals surface area contributed by atoms with Gasteiger partial charge < -0.3 is 4.74 Å². The molecular formula is C8H17ClO. The molecule has 62 valence electrons. The lowest BCUT2D eigenvalue weighted by Gasteiger charge is -2.08. The average molecular weight is 165 g/mol. The van der Waals surface area contributed by atoms with Crippen LogP contribution in [-0.2, 0) is 4.74 Å². The van der Waals surface area contributed by atoms with Crippen molar-refractivity contribution in [1.82, 2.24) is 0 Å². The standard InChI is InChI=1S/C8H17ClO/c1-3-4-8(2)7-10-6-5-9/h8H,3-7H2,1-2H3. The minimum Gasteiger partial charge on any atom is -0.380 e. The first kappa shape index (κ1) is 10.2. The van der Waals surface area contributed by atoms with Crippen LogP contribution in [0.15, 0.2) is 0 Å². The molecule has 2 heteroatoms. The highest BCUT2D eigenvalue weighted by Gasteiger charge is 1.98. The van der Waals surface area contributed by atoms with Crippen molar-refractivity contribution < 1.29 is 4.74 Å². The molecule has 0 aromatic rings. The van der Waals surface area contributed by atoms with E-state index in [-0.39, 0.29) is 0 Å². The van der Waals surface area contributed by atoms with Gasteiger partial charge in [0.15, 0.2) is 0 Å². The monoisotopic (exact) mass is 164 g/mol. The fraction of sp³-hybridized carbons (Fsp3) is 1.00. The highest BCUT2D eigenvalue weighted by atomic mass is 35.5. The molecule has 0 bridgehead atoms. The van der Waals surface area contributed by atoms with Crippen molar-refractivity contribution in [1.29, 1.82) is 0 Å². The van der Waals surface area contributed by atoms with Crippen LogP contribution < -0.4 is 0 Å². The molecule has 0 spiro atoms. The van der Waals surface area contributed by atoms with E-state index in [0.717, 1.165) is 6.61 Å². The summed E-state index contributed by atoms with van der Waals surface area (Å²) >= 11 is 5.44. The Morgan fingerprint density at radius 3 is 2.70 bits per heavy atom. The quantitative estimate of drug-likeness (QED) is 0.433. The number of halogens is 1. The predicted molar refractivity (Wildman–Crippen MR) is 45.6 cm³/mol. The highest BCUT2D eigenvalue weighted by molar-refractivity contribution is 6.17. The van der Waals surface area contributed by atoms with Crippen LogP contribution in [0.4, 0.5) is 0 Å². The summed E-state index contributed by atoms with van der Waals surface area (Å²) in [6, 6.07) is 0. The fourth-order valence-electron chi connectivity index (χ4n) is 0.915. The molecule has 0 aromatic heterocycles. The Balaban J connectivity index is 2.97. The van der Waals surface area contributed by atoms with Gasteiger partial charge in [-0.15, -0.1) is 11.6 Å². The maximum atomic E-state index is 5.44. The molecule has 0 aliphatic rings. The maximum Gasteiger partial charge on any atom is 0.0601 e. The molecule has 0 aliphatic carbocycles. The third-order valence-corrected chi connectivity index (χ3v) is 1.56. The van der Waals surface area contributed by atoms with E-state index in [1.54, 1.807) is 0 Å². The number of ether oxygens (including phenoxy) is 1. The lowest BCUT2D eigenvalue weighted by atomic mass is 10.1. The Morgan fingerprint density at radius 1 is 1.50 bits per heavy atom. The second kappa shape index (κ2) is 7.36. The summed E-state index contributed by atoms with van der Waals surface area (Å²) in [7, 11) is 0. The van der Waals surface area contributed by atoms with Crippen LogP contribution in [0.1, 0.15) is 26.7 Å². The van der Waals surface area contributed by atoms with Gasteiger partial charge in [0, 0.05) is 12.5 Å². The van der Waals surface area contributed by atoms with Gasteiger partial charge in [-0.1, -0.05) is 20.3 Å². The van der Waals surface area contributed by atoms with Gasteiger partial charge >= 0.3 is 0 Å². The molecule has 10 heavy (non-hydrogen) atoms. The first-order valence-corrected chi connectivity index (χ1v) is 4.48. The van der Waals surface area contributed by atoms with E-state index >= 15 is 0 Å². The third-order valence-electron chi connectivity index (χ3n) is 1.41. The third kappa shape index (κ3) is 6.37. The fourth-order valence-corrected chi connectivity index (χ4v) is 1.02. The molecule has 0 saturated heterocycles. The van der Waals surface area contributed by atoms with E-state index in [2.05, 4.69) is 13.8 Å². The zero-order valence-corrected chi connectivity index (χ0v) is 7.66. The average Bonchev–Trinajstić information content (AvgIpc) is 1.89. The van der Waals surface area contributed by atoms with Crippen molar-refractivity contribution >= 4 is 11.6 Å². The zero-order valence-electron chi connectivity index (χ0n) is 6.90. The van der Waals surface area contributed by atoms with Crippen LogP contribution in [0, 0.1) is 5.92 Å². The summed E-state index contributed by atoms with van der Waals surface area (Å²) in [6.07, 6.45) is 2.49. The Labute approximate surface area is 68.7 Å². The van der Waals surface area contributed by atoms with Gasteiger partial charge in [-0.05, 0) is 12.3 Å². The summed E-state index contributed by atoms with van der Waals surface area (Å²) in [5, 5.41) is 0. The van der Waals surface area contributed by atoms with E-state index < -0.39 is 0 Å². The van der Waals surface area contributed by atoms with Gasteiger partial charge in [-0.3, -0.25) is 0 Å². The SMILES string of the molecule is CCCC(C)COCCCl. The van der Waals surface area contributed by atoms with Crippen molar-refractivity contribution in [2.75, 3.05) is 19.1 Å². The largest absolute Gasteiger partial charge is 0.380 e. The van der Waals surface area contributed by atoms with Crippen LogP contribution in [-0.4, -0.2) is 19.1 Å². The Kier molecular flexibility index (Phi) is 7.54. The van der Waals surface area contributed by atoms with E-state index in [1.165, 1.54) is 12.8 Å². The molecule has 0 rings (SSSR count). The molecule has 1 atom stereocenters. The van der Waals surface area contributed by atoms with E-state index in [1.807, 2.05) is 0 Å². The van der Waals surface area contributed by atoms with Gasteiger partial charge in [0.2, 0.25) is 0 Å². The molecule has 0 amide bonds. The van der Waals surface area contributed by atoms with Crippen molar-refractivity contribution in [2.24, 2.45) is 5.92 Å². The molecular weight excluding hydrogens is 148 g/mol. The van der Waals surface area contributed by atoms with Crippen LogP contribution >= 0.6 is 11.6 Å². The molecule has 0 N–H and O–H groups in total. The molecule has 1 unspecified atom stereocenters. The van der Waals surface area contributed by atoms with Gasteiger partial charge in [0.1, 0.15) is 0 Å². The number of hydrogen-bond donors (Lipinski definition) is 0. The topological polar surface area (TPSA) is 9.23 Å². The van der Waals surface area contributed by atoms with Crippen molar-refractivity contribution in [3.05, 3.63) is 0 Å². The van der Waals surface area contributed by atoms with Gasteiger partial charge in [0.25, 0.3) is 0 Å². The summed E-state index contributed by atoms with van der Waals surface area (Å²) in [6.45, 7) is 5.95. The second-order valence-electron chi connectivity index (χ2n) is 2.66. The van der Waals surface area contributed by atoms with Crippen LogP contribution in [0.25, 0.3) is 0 Å². The number of rotatable bonds is 6. The van der Waals surface area contributed by atoms with Crippen LogP contribution in [0.5, 0.6) is 0 Å². The zero-order chi connectivity index (χ0) is 7.82. The predicted octanol–water partition coefficient (Wildman–Crippen LogP) is 2.68. The first-order chi connectivity index (χ1) is 4.81. The minimum atomic E-state index is 0.610. The lowest BCUT2D eigenvalue weighted by molar-refractivity contribution is 0.114. The molecule has 0 heterocycles. The summed E-state index contributed by atoms with van der Waals surface area (Å²) < 4.78 is 5.27. The second-order valence-corrected chi connectivity index (χ2v) is 3.04. The van der Waals surface area contributed by atoms with Crippen molar-refractivity contribution in [2.45, 2.75) is 26.7 Å². The molecule has 0 fully saturated rings. The molecule has 0 aromatic carbocycles. The van der Waals surface area contributed by atoms with E-state index in [4.69, 9.17) is 16.3 Å². The maximum absolute atomic E-state index is 5.44. The highest BCUT2D eigenvalue weighted by Crippen LogP contribution is 2.04. The Morgan fingerprint density at radius 2 is 2.20 bits per heavy atom. The molecule has 1 nitrogen and oxygen atoms in total. The van der Waals surface area contributed by atoms with Gasteiger partial charge in [0.05, 0.1) is 6.61 Å². The smallest absolute Gasteiger partial charge is 0.0601 e. The summed E-state index contributed by atoms with van der Waals surface area (Å²) in [5.74, 6) is 1.30. The molecule has 0 saturated carbocycles. The van der Waals surface area contributed by atoms with Crippen molar-refractivity contribution in [3.8, 4) is 0 Å². The summed E-state index contributed by atoms with van der Waals surface area (Å²) in [4.78, 5) is 0. The van der Waals surface area contributed by atoms with Gasteiger partial charge in [-0.2, -0.15) is 0 Å². The van der Waals surface area contributed by atoms with Gasteiger partial charge in [-0.25, -0.2) is 0 Å². The lowest BCUT2D eigenvalue weighted by Crippen LogP contribution is -2.06. The Bertz CT molecular complexity index is 66.3. The first-order valence-electron chi connectivity index (χ1n) is 3.95. The Hall–Kier alpha value is 0.250. The number of hydrogen-bond acceptors (Lipinski definition) is 1. The normalized spacial score (nSPS) is 13.5. The van der Waals surface area contributed by atoms with Crippen LogP contribution in [0.2, 0.25) is 0 Å². The van der Waals surface area contributed by atoms with E-state index in [9.17, 15) is 0 Å². The molecule has 0 aliphatic heterocycles. The van der Waals surface area contributed by atoms with Crippen LogP contribution in [0.3, 0.4) is 0 Å². The number of alkyl halides is 1. The molecule has 0 radical (unpaired) electrons. The van der Waals surface area contributed by atoms with Crippen molar-refractivity contribution in [3.63, 3.8) is 0 Å².